The molecular formula is C12H21N3. The average Bonchev–Trinajstić information content (AvgIpc) is 2.66. The van der Waals surface area contributed by atoms with Gasteiger partial charge in [0, 0.05) is 18.4 Å². The zero-order chi connectivity index (χ0) is 10.5. The molecule has 2 rings (SSSR count). The molecule has 1 aromatic rings. The first-order chi connectivity index (χ1) is 7.34. The molecule has 2 atom stereocenters. The second kappa shape index (κ2) is 5.31. The van der Waals surface area contributed by atoms with Crippen LogP contribution in [0.1, 0.15) is 44.9 Å². The maximum atomic E-state index is 4.22. The monoisotopic (exact) mass is 207 g/mol. The zero-order valence-electron chi connectivity index (χ0n) is 9.50. The van der Waals surface area contributed by atoms with Crippen molar-refractivity contribution in [1.29, 1.82) is 0 Å². The largest absolute Gasteiger partial charge is 0.348 e. The van der Waals surface area contributed by atoms with Crippen molar-refractivity contribution in [1.82, 2.24) is 15.3 Å². The summed E-state index contributed by atoms with van der Waals surface area (Å²) in [5.41, 5.74) is 0. The lowest BCUT2D eigenvalue weighted by Crippen LogP contribution is -2.28. The molecular weight excluding hydrogens is 186 g/mol. The highest BCUT2D eigenvalue weighted by atomic mass is 15.0. The van der Waals surface area contributed by atoms with Gasteiger partial charge < -0.3 is 10.3 Å². The molecule has 1 aliphatic rings. The van der Waals surface area contributed by atoms with Crippen molar-refractivity contribution in [2.24, 2.45) is 5.92 Å². The summed E-state index contributed by atoms with van der Waals surface area (Å²) in [5.74, 6) is 1.97. The number of imidazole rings is 1. The van der Waals surface area contributed by atoms with E-state index in [0.29, 0.717) is 6.04 Å². The predicted molar refractivity (Wildman–Crippen MR) is 61.5 cm³/mol. The predicted octanol–water partition coefficient (Wildman–Crippen LogP) is 2.47. The van der Waals surface area contributed by atoms with Gasteiger partial charge in [0.25, 0.3) is 0 Å². The number of nitrogens with one attached hydrogen (secondary N) is 2. The SMILES string of the molecule is CC1CCCC(NCc2ncc[nH]2)CC1. The van der Waals surface area contributed by atoms with E-state index in [9.17, 15) is 0 Å². The number of rotatable bonds is 3. The van der Waals surface area contributed by atoms with Gasteiger partial charge in [0.2, 0.25) is 0 Å². The van der Waals surface area contributed by atoms with Crippen molar-refractivity contribution < 1.29 is 0 Å². The van der Waals surface area contributed by atoms with Gasteiger partial charge in [-0.2, -0.15) is 0 Å². The Morgan fingerprint density at radius 2 is 2.33 bits per heavy atom. The molecule has 2 unspecified atom stereocenters. The van der Waals surface area contributed by atoms with Crippen molar-refractivity contribution in [2.45, 2.75) is 51.6 Å². The van der Waals surface area contributed by atoms with Gasteiger partial charge in [-0.1, -0.05) is 19.8 Å². The molecule has 0 saturated heterocycles. The molecule has 0 spiro atoms. The van der Waals surface area contributed by atoms with Gasteiger partial charge >= 0.3 is 0 Å². The van der Waals surface area contributed by atoms with Crippen LogP contribution in [0, 0.1) is 5.92 Å². The van der Waals surface area contributed by atoms with Crippen LogP contribution in [0.2, 0.25) is 0 Å². The van der Waals surface area contributed by atoms with E-state index >= 15 is 0 Å². The number of aromatic amines is 1. The van der Waals surface area contributed by atoms with Crippen LogP contribution in [-0.2, 0) is 6.54 Å². The van der Waals surface area contributed by atoms with Gasteiger partial charge in [0.05, 0.1) is 6.54 Å². The third-order valence-electron chi connectivity index (χ3n) is 3.37. The summed E-state index contributed by atoms with van der Waals surface area (Å²) in [6.07, 6.45) is 10.5. The maximum absolute atomic E-state index is 4.22. The van der Waals surface area contributed by atoms with Crippen LogP contribution in [-0.4, -0.2) is 16.0 Å². The molecule has 1 fully saturated rings. The van der Waals surface area contributed by atoms with E-state index in [0.717, 1.165) is 18.3 Å². The minimum Gasteiger partial charge on any atom is -0.348 e. The molecule has 3 nitrogen and oxygen atoms in total. The van der Waals surface area contributed by atoms with Crippen LogP contribution in [0.4, 0.5) is 0 Å². The standard InChI is InChI=1S/C12H21N3/c1-10-3-2-4-11(6-5-10)15-9-12-13-7-8-14-12/h7-8,10-11,15H,2-6,9H2,1H3,(H,13,14). The molecule has 84 valence electrons. The lowest BCUT2D eigenvalue weighted by molar-refractivity contribution is 0.443. The lowest BCUT2D eigenvalue weighted by Gasteiger charge is -2.15. The Labute approximate surface area is 91.7 Å². The van der Waals surface area contributed by atoms with Crippen LogP contribution < -0.4 is 5.32 Å². The van der Waals surface area contributed by atoms with Crippen LogP contribution in [0.15, 0.2) is 12.4 Å². The van der Waals surface area contributed by atoms with E-state index < -0.39 is 0 Å². The Balaban J connectivity index is 1.74. The van der Waals surface area contributed by atoms with E-state index in [1.165, 1.54) is 32.1 Å². The molecule has 0 aliphatic heterocycles. The molecule has 15 heavy (non-hydrogen) atoms. The molecule has 1 aliphatic carbocycles. The molecule has 0 amide bonds. The molecule has 1 heterocycles. The van der Waals surface area contributed by atoms with Crippen molar-refractivity contribution >= 4 is 0 Å². The Kier molecular flexibility index (Phi) is 3.78. The summed E-state index contributed by atoms with van der Waals surface area (Å²) >= 11 is 0. The highest BCUT2D eigenvalue weighted by molar-refractivity contribution is 4.87. The van der Waals surface area contributed by atoms with Crippen molar-refractivity contribution in [3.05, 3.63) is 18.2 Å². The third-order valence-corrected chi connectivity index (χ3v) is 3.37. The van der Waals surface area contributed by atoms with Gasteiger partial charge in [-0.25, -0.2) is 4.98 Å². The van der Waals surface area contributed by atoms with E-state index in [1.807, 2.05) is 12.4 Å². The number of nitrogens with zero attached hydrogens (tertiary/aromatic N) is 1. The van der Waals surface area contributed by atoms with Gasteiger partial charge in [0.1, 0.15) is 5.82 Å². The fraction of sp³-hybridized carbons (Fsp3) is 0.750. The second-order valence-electron chi connectivity index (χ2n) is 4.73. The molecule has 1 aromatic heterocycles. The molecule has 1 saturated carbocycles. The van der Waals surface area contributed by atoms with Crippen LogP contribution in [0.25, 0.3) is 0 Å². The highest BCUT2D eigenvalue weighted by Crippen LogP contribution is 2.22. The van der Waals surface area contributed by atoms with Crippen LogP contribution in [0.5, 0.6) is 0 Å². The summed E-state index contributed by atoms with van der Waals surface area (Å²) in [5, 5.41) is 3.59. The lowest BCUT2D eigenvalue weighted by atomic mass is 10.0. The number of H-pyrrole nitrogens is 1. The number of hydrogen-bond donors (Lipinski definition) is 2. The summed E-state index contributed by atoms with van der Waals surface area (Å²) in [7, 11) is 0. The average molecular weight is 207 g/mol. The minimum absolute atomic E-state index is 0.694. The Morgan fingerprint density at radius 3 is 3.13 bits per heavy atom. The molecule has 2 N–H and O–H groups in total. The zero-order valence-corrected chi connectivity index (χ0v) is 9.50. The van der Waals surface area contributed by atoms with Crippen molar-refractivity contribution in [3.63, 3.8) is 0 Å². The first kappa shape index (κ1) is 10.7. The van der Waals surface area contributed by atoms with Gasteiger partial charge in [0.15, 0.2) is 0 Å². The van der Waals surface area contributed by atoms with E-state index in [2.05, 4.69) is 22.2 Å². The molecule has 0 aromatic carbocycles. The second-order valence-corrected chi connectivity index (χ2v) is 4.73. The summed E-state index contributed by atoms with van der Waals surface area (Å²) in [6, 6.07) is 0.694. The maximum Gasteiger partial charge on any atom is 0.120 e. The fourth-order valence-corrected chi connectivity index (χ4v) is 2.33. The molecule has 3 heteroatoms. The highest BCUT2D eigenvalue weighted by Gasteiger charge is 2.15. The van der Waals surface area contributed by atoms with Gasteiger partial charge in [-0.15, -0.1) is 0 Å². The van der Waals surface area contributed by atoms with E-state index in [1.54, 1.807) is 0 Å². The summed E-state index contributed by atoms with van der Waals surface area (Å²) in [4.78, 5) is 7.35. The topological polar surface area (TPSA) is 40.7 Å². The van der Waals surface area contributed by atoms with Crippen molar-refractivity contribution in [3.8, 4) is 0 Å². The summed E-state index contributed by atoms with van der Waals surface area (Å²) in [6.45, 7) is 3.25. The quantitative estimate of drug-likeness (QED) is 0.747. The first-order valence-electron chi connectivity index (χ1n) is 6.06. The van der Waals surface area contributed by atoms with Gasteiger partial charge in [-0.05, 0) is 25.2 Å². The molecule has 0 bridgehead atoms. The van der Waals surface area contributed by atoms with Crippen molar-refractivity contribution in [2.75, 3.05) is 0 Å². The van der Waals surface area contributed by atoms with Crippen LogP contribution >= 0.6 is 0 Å². The Morgan fingerprint density at radius 1 is 1.40 bits per heavy atom. The fourth-order valence-electron chi connectivity index (χ4n) is 2.33. The smallest absolute Gasteiger partial charge is 0.120 e. The summed E-state index contributed by atoms with van der Waals surface area (Å²) < 4.78 is 0. The van der Waals surface area contributed by atoms with Gasteiger partial charge in [-0.3, -0.25) is 0 Å². The number of aromatic nitrogens is 2. The van der Waals surface area contributed by atoms with E-state index in [4.69, 9.17) is 0 Å². The number of hydrogen-bond acceptors (Lipinski definition) is 2. The Bertz CT molecular complexity index is 268. The Hall–Kier alpha value is -0.830. The van der Waals surface area contributed by atoms with Crippen LogP contribution in [0.3, 0.4) is 0 Å². The third kappa shape index (κ3) is 3.34. The minimum atomic E-state index is 0.694. The normalized spacial score (nSPS) is 27.5. The first-order valence-corrected chi connectivity index (χ1v) is 6.06. The molecule has 0 radical (unpaired) electrons. The van der Waals surface area contributed by atoms with E-state index in [-0.39, 0.29) is 0 Å².